The number of hydrazone groups is 1. The molecule has 96 valence electrons. The monoisotopic (exact) mass is 262 g/mol. The summed E-state index contributed by atoms with van der Waals surface area (Å²) in [6.45, 7) is 1.51. The van der Waals surface area contributed by atoms with Gasteiger partial charge in [0.1, 0.15) is 0 Å². The van der Waals surface area contributed by atoms with Crippen molar-refractivity contribution in [3.8, 4) is 0 Å². The van der Waals surface area contributed by atoms with Crippen LogP contribution < -0.4 is 0 Å². The molecule has 0 saturated carbocycles. The van der Waals surface area contributed by atoms with Crippen molar-refractivity contribution in [3.63, 3.8) is 0 Å². The molecule has 0 aromatic carbocycles. The summed E-state index contributed by atoms with van der Waals surface area (Å²) in [4.78, 5) is 21.8. The van der Waals surface area contributed by atoms with Crippen molar-refractivity contribution in [3.05, 3.63) is 0 Å². The average Bonchev–Trinajstić information content (AvgIpc) is 2.55. The first kappa shape index (κ1) is 13.6. The fourth-order valence-electron chi connectivity index (χ4n) is 1.34. The molecule has 8 heteroatoms. The number of carboxylic acids is 1. The summed E-state index contributed by atoms with van der Waals surface area (Å²) in [7, 11) is -3.15. The minimum Gasteiger partial charge on any atom is -0.481 e. The summed E-state index contributed by atoms with van der Waals surface area (Å²) in [5, 5.41) is 13.4. The second kappa shape index (κ2) is 5.26. The zero-order valence-corrected chi connectivity index (χ0v) is 10.2. The third-order valence-corrected chi connectivity index (χ3v) is 4.00. The maximum atomic E-state index is 11.4. The smallest absolute Gasteiger partial charge is 0.309 e. The van der Waals surface area contributed by atoms with E-state index in [9.17, 15) is 18.0 Å². The van der Waals surface area contributed by atoms with Gasteiger partial charge in [0, 0.05) is 5.75 Å². The number of nitrogens with zero attached hydrogens (tertiary/aromatic N) is 2. The highest BCUT2D eigenvalue weighted by atomic mass is 32.2. The zero-order chi connectivity index (χ0) is 13.1. The highest BCUT2D eigenvalue weighted by molar-refractivity contribution is 7.91. The van der Waals surface area contributed by atoms with Crippen LogP contribution in [0.15, 0.2) is 5.10 Å². The van der Waals surface area contributed by atoms with Crippen LogP contribution in [0.3, 0.4) is 0 Å². The number of sulfone groups is 1. The van der Waals surface area contributed by atoms with E-state index >= 15 is 0 Å². The Bertz CT molecular complexity index is 454. The van der Waals surface area contributed by atoms with Gasteiger partial charge in [-0.25, -0.2) is 13.4 Å². The fraction of sp³-hybridized carbons (Fsp3) is 0.667. The van der Waals surface area contributed by atoms with Gasteiger partial charge in [0.15, 0.2) is 9.84 Å². The van der Waals surface area contributed by atoms with E-state index in [1.807, 2.05) is 0 Å². The maximum Gasteiger partial charge on any atom is 0.309 e. The minimum absolute atomic E-state index is 0.0146. The van der Waals surface area contributed by atoms with Gasteiger partial charge in [-0.05, 0) is 0 Å². The number of hydrogen-bond donors (Lipinski definition) is 1. The molecule has 0 aromatic heterocycles. The lowest BCUT2D eigenvalue weighted by atomic mass is 10.2. The first-order valence-electron chi connectivity index (χ1n) is 5.13. The standard InChI is InChI=1S/C9H14N2O5S/c1-2-17(15,16)4-3-11-8(12)5-7(10-11)6-9(13)14/h2-6H2,1H3,(H,13,14). The Balaban J connectivity index is 2.58. The van der Waals surface area contributed by atoms with Crippen molar-refractivity contribution in [2.24, 2.45) is 5.10 Å². The molecule has 0 saturated heterocycles. The Hall–Kier alpha value is -1.44. The summed E-state index contributed by atoms with van der Waals surface area (Å²) in [6.07, 6.45) is -0.332. The summed E-state index contributed by atoms with van der Waals surface area (Å²) < 4.78 is 22.5. The Morgan fingerprint density at radius 2 is 2.18 bits per heavy atom. The largest absolute Gasteiger partial charge is 0.481 e. The van der Waals surface area contributed by atoms with Gasteiger partial charge in [0.25, 0.3) is 0 Å². The number of amides is 1. The van der Waals surface area contributed by atoms with E-state index in [1.165, 1.54) is 6.92 Å². The van der Waals surface area contributed by atoms with Crippen LogP contribution in [0.5, 0.6) is 0 Å². The number of hydrogen-bond acceptors (Lipinski definition) is 5. The van der Waals surface area contributed by atoms with Crippen molar-refractivity contribution < 1.29 is 23.1 Å². The van der Waals surface area contributed by atoms with Gasteiger partial charge in [-0.3, -0.25) is 9.59 Å². The molecule has 1 rings (SSSR count). The van der Waals surface area contributed by atoms with Crippen LogP contribution in [0.2, 0.25) is 0 Å². The molecule has 1 aliphatic rings. The summed E-state index contributed by atoms with van der Waals surface area (Å²) in [6, 6.07) is 0. The molecule has 0 aliphatic carbocycles. The molecule has 0 spiro atoms. The van der Waals surface area contributed by atoms with E-state index in [2.05, 4.69) is 5.10 Å². The van der Waals surface area contributed by atoms with Crippen LogP contribution in [-0.4, -0.2) is 54.2 Å². The molecule has 0 bridgehead atoms. The lowest BCUT2D eigenvalue weighted by Crippen LogP contribution is -2.27. The second-order valence-corrected chi connectivity index (χ2v) is 6.14. The minimum atomic E-state index is -3.15. The summed E-state index contributed by atoms with van der Waals surface area (Å²) in [5.74, 6) is -1.55. The van der Waals surface area contributed by atoms with Gasteiger partial charge < -0.3 is 5.11 Å². The van der Waals surface area contributed by atoms with Crippen molar-refractivity contribution in [2.45, 2.75) is 19.8 Å². The lowest BCUT2D eigenvalue weighted by Gasteiger charge is -2.10. The summed E-state index contributed by atoms with van der Waals surface area (Å²) in [5.41, 5.74) is 0.261. The van der Waals surface area contributed by atoms with Crippen LogP contribution >= 0.6 is 0 Å². The van der Waals surface area contributed by atoms with Crippen LogP contribution in [0.25, 0.3) is 0 Å². The van der Waals surface area contributed by atoms with Gasteiger partial charge in [-0.2, -0.15) is 5.10 Å². The topological polar surface area (TPSA) is 104 Å². The molecule has 1 heterocycles. The van der Waals surface area contributed by atoms with E-state index in [-0.39, 0.29) is 42.5 Å². The van der Waals surface area contributed by atoms with Gasteiger partial charge in [-0.15, -0.1) is 0 Å². The number of carbonyl (C=O) groups is 2. The first-order chi connectivity index (χ1) is 7.84. The van der Waals surface area contributed by atoms with E-state index in [4.69, 9.17) is 5.11 Å². The molecular weight excluding hydrogens is 248 g/mol. The average molecular weight is 262 g/mol. The zero-order valence-electron chi connectivity index (χ0n) is 9.42. The van der Waals surface area contributed by atoms with Crippen molar-refractivity contribution in [1.82, 2.24) is 5.01 Å². The SMILES string of the molecule is CCS(=O)(=O)CCN1N=C(CC(=O)O)CC1=O. The van der Waals surface area contributed by atoms with Crippen molar-refractivity contribution in [1.29, 1.82) is 0 Å². The van der Waals surface area contributed by atoms with Gasteiger partial charge in [-0.1, -0.05) is 6.92 Å². The Kier molecular flexibility index (Phi) is 4.22. The van der Waals surface area contributed by atoms with Crippen molar-refractivity contribution in [2.75, 3.05) is 18.1 Å². The van der Waals surface area contributed by atoms with Crippen LogP contribution in [0, 0.1) is 0 Å². The van der Waals surface area contributed by atoms with Crippen molar-refractivity contribution >= 4 is 27.4 Å². The van der Waals surface area contributed by atoms with Crippen LogP contribution in [0.4, 0.5) is 0 Å². The maximum absolute atomic E-state index is 11.4. The molecule has 1 N–H and O–H groups in total. The molecular formula is C9H14N2O5S. The number of carbonyl (C=O) groups excluding carboxylic acids is 1. The van der Waals surface area contributed by atoms with E-state index < -0.39 is 15.8 Å². The molecule has 7 nitrogen and oxygen atoms in total. The Labute approximate surface area is 99.0 Å². The lowest BCUT2D eigenvalue weighted by molar-refractivity contribution is -0.135. The van der Waals surface area contributed by atoms with Gasteiger partial charge >= 0.3 is 5.97 Å². The molecule has 0 radical (unpaired) electrons. The first-order valence-corrected chi connectivity index (χ1v) is 6.95. The molecule has 0 fully saturated rings. The molecule has 0 atom stereocenters. The molecule has 17 heavy (non-hydrogen) atoms. The quantitative estimate of drug-likeness (QED) is 0.693. The predicted molar refractivity (Wildman–Crippen MR) is 60.3 cm³/mol. The molecule has 0 aromatic rings. The Morgan fingerprint density at radius 1 is 1.53 bits per heavy atom. The number of rotatable bonds is 6. The molecule has 1 aliphatic heterocycles. The third kappa shape index (κ3) is 4.14. The summed E-state index contributed by atoms with van der Waals surface area (Å²) >= 11 is 0. The third-order valence-electron chi connectivity index (χ3n) is 2.31. The Morgan fingerprint density at radius 3 is 2.71 bits per heavy atom. The van der Waals surface area contributed by atoms with Gasteiger partial charge in [0.2, 0.25) is 5.91 Å². The van der Waals surface area contributed by atoms with E-state index in [0.717, 1.165) is 5.01 Å². The van der Waals surface area contributed by atoms with Crippen LogP contribution in [0.1, 0.15) is 19.8 Å². The molecule has 1 amide bonds. The highest BCUT2D eigenvalue weighted by Crippen LogP contribution is 2.10. The fourth-order valence-corrected chi connectivity index (χ4v) is 2.08. The van der Waals surface area contributed by atoms with E-state index in [0.29, 0.717) is 0 Å². The highest BCUT2D eigenvalue weighted by Gasteiger charge is 2.25. The van der Waals surface area contributed by atoms with E-state index in [1.54, 1.807) is 0 Å². The number of aliphatic carboxylic acids is 1. The number of carboxylic acid groups (broad SMARTS) is 1. The molecule has 0 unspecified atom stereocenters. The van der Waals surface area contributed by atoms with Crippen LogP contribution in [-0.2, 0) is 19.4 Å². The normalized spacial score (nSPS) is 16.2. The predicted octanol–water partition coefficient (Wildman–Crippen LogP) is -0.516. The van der Waals surface area contributed by atoms with Gasteiger partial charge in [0.05, 0.1) is 30.9 Å². The second-order valence-electron chi connectivity index (χ2n) is 3.67.